The summed E-state index contributed by atoms with van der Waals surface area (Å²) in [5.74, 6) is -1.18. The molecule has 0 aliphatic rings. The van der Waals surface area contributed by atoms with Crippen LogP contribution in [0.1, 0.15) is 22.8 Å². The Hall–Kier alpha value is -2.71. The molecule has 3 rings (SSSR count). The molecule has 3 aromatic rings. The molecule has 0 saturated carbocycles. The summed E-state index contributed by atoms with van der Waals surface area (Å²) in [5, 5.41) is 14.4. The van der Waals surface area contributed by atoms with E-state index in [0.29, 0.717) is 12.0 Å². The third-order valence-electron chi connectivity index (χ3n) is 3.76. The number of primary sulfonamides is 1. The van der Waals surface area contributed by atoms with Crippen LogP contribution in [0.15, 0.2) is 44.4 Å². The summed E-state index contributed by atoms with van der Waals surface area (Å²) in [4.78, 5) is 23.5. The van der Waals surface area contributed by atoms with Crippen LogP contribution in [0.4, 0.5) is 0 Å². The van der Waals surface area contributed by atoms with Crippen LogP contribution in [-0.2, 0) is 16.4 Å². The fourth-order valence-corrected chi connectivity index (χ4v) is 3.26. The summed E-state index contributed by atoms with van der Waals surface area (Å²) in [6.45, 7) is 1.80. The van der Waals surface area contributed by atoms with Crippen LogP contribution in [-0.4, -0.2) is 19.5 Å². The number of carboxylic acids is 1. The number of carboxylic acid groups (broad SMARTS) is 1. The van der Waals surface area contributed by atoms with Gasteiger partial charge in [0.25, 0.3) is 0 Å². The summed E-state index contributed by atoms with van der Waals surface area (Å²) < 4.78 is 29.3. The van der Waals surface area contributed by atoms with Gasteiger partial charge in [-0.1, -0.05) is 6.92 Å². The molecular weight excluding hydrogens is 334 g/mol. The molecule has 0 radical (unpaired) electrons. The van der Waals surface area contributed by atoms with Crippen LogP contribution < -0.4 is 10.6 Å². The number of hydrogen-bond acceptors (Lipinski definition) is 5. The normalized spacial score (nSPS) is 11.9. The average Bonchev–Trinajstić information content (AvgIpc) is 2.53. The Morgan fingerprint density at radius 1 is 1.21 bits per heavy atom. The minimum absolute atomic E-state index is 0.0495. The van der Waals surface area contributed by atoms with Gasteiger partial charge in [0.05, 0.1) is 16.3 Å². The average molecular weight is 347 g/mol. The van der Waals surface area contributed by atoms with Crippen LogP contribution >= 0.6 is 0 Å². The van der Waals surface area contributed by atoms with Gasteiger partial charge in [-0.15, -0.1) is 0 Å². The summed E-state index contributed by atoms with van der Waals surface area (Å²) in [5.41, 5.74) is -0.00324. The van der Waals surface area contributed by atoms with Gasteiger partial charge in [-0.25, -0.2) is 18.4 Å². The number of aryl methyl sites for hydroxylation is 1. The number of fused-ring (bicyclic) bond motifs is 2. The van der Waals surface area contributed by atoms with Gasteiger partial charge < -0.3 is 9.52 Å². The molecule has 0 fully saturated rings. The third kappa shape index (κ3) is 2.55. The Balaban J connectivity index is 2.54. The maximum absolute atomic E-state index is 12.7. The Morgan fingerprint density at radius 3 is 2.50 bits per heavy atom. The maximum Gasteiger partial charge on any atom is 0.335 e. The summed E-state index contributed by atoms with van der Waals surface area (Å²) in [6.07, 6.45) is 0.491. The molecule has 0 atom stereocenters. The summed E-state index contributed by atoms with van der Waals surface area (Å²) in [6, 6.07) is 6.70. The van der Waals surface area contributed by atoms with E-state index in [1.807, 2.05) is 0 Å². The SMILES string of the molecule is CCc1cc(S(N)(=O)=O)c2oc3ccc(C(=O)O)cc3c(=O)c2c1. The monoisotopic (exact) mass is 347 g/mol. The third-order valence-corrected chi connectivity index (χ3v) is 4.67. The molecule has 7 nitrogen and oxygen atoms in total. The lowest BCUT2D eigenvalue weighted by molar-refractivity contribution is 0.0697. The van der Waals surface area contributed by atoms with Crippen molar-refractivity contribution in [3.05, 3.63) is 51.7 Å². The largest absolute Gasteiger partial charge is 0.478 e. The van der Waals surface area contributed by atoms with Crippen molar-refractivity contribution in [1.82, 2.24) is 0 Å². The van der Waals surface area contributed by atoms with E-state index in [2.05, 4.69) is 0 Å². The highest BCUT2D eigenvalue weighted by Gasteiger charge is 2.20. The first-order chi connectivity index (χ1) is 11.2. The number of benzene rings is 2. The van der Waals surface area contributed by atoms with E-state index in [4.69, 9.17) is 14.7 Å². The fraction of sp³-hybridized carbons (Fsp3) is 0.125. The Morgan fingerprint density at radius 2 is 1.92 bits per heavy atom. The zero-order valence-corrected chi connectivity index (χ0v) is 13.4. The lowest BCUT2D eigenvalue weighted by Gasteiger charge is -2.08. The van der Waals surface area contributed by atoms with Crippen molar-refractivity contribution >= 4 is 37.9 Å². The van der Waals surface area contributed by atoms with E-state index >= 15 is 0 Å². The molecule has 1 aromatic heterocycles. The minimum atomic E-state index is -4.10. The standard InChI is InChI=1S/C16H13NO6S/c1-2-8-5-11-14(18)10-7-9(16(19)20)3-4-12(10)23-15(11)13(6-8)24(17,21)22/h3-7H,2H2,1H3,(H,19,20)(H2,17,21,22). The number of sulfonamides is 1. The van der Waals surface area contributed by atoms with Gasteiger partial charge in [-0.05, 0) is 42.3 Å². The maximum atomic E-state index is 12.7. The zero-order chi connectivity index (χ0) is 17.6. The zero-order valence-electron chi connectivity index (χ0n) is 12.6. The highest BCUT2D eigenvalue weighted by molar-refractivity contribution is 7.89. The van der Waals surface area contributed by atoms with Crippen LogP contribution in [0.3, 0.4) is 0 Å². The number of nitrogens with two attached hydrogens (primary N) is 1. The van der Waals surface area contributed by atoms with Crippen molar-refractivity contribution in [3.8, 4) is 0 Å². The fourth-order valence-electron chi connectivity index (χ4n) is 2.53. The van der Waals surface area contributed by atoms with E-state index in [1.54, 1.807) is 6.92 Å². The first-order valence-corrected chi connectivity index (χ1v) is 8.56. The quantitative estimate of drug-likeness (QED) is 0.696. The molecule has 0 bridgehead atoms. The van der Waals surface area contributed by atoms with Crippen molar-refractivity contribution in [2.24, 2.45) is 5.14 Å². The number of carbonyl (C=O) groups is 1. The molecule has 0 amide bonds. The van der Waals surface area contributed by atoms with Crippen LogP contribution in [0.5, 0.6) is 0 Å². The topological polar surface area (TPSA) is 128 Å². The van der Waals surface area contributed by atoms with Crippen molar-refractivity contribution in [3.63, 3.8) is 0 Å². The van der Waals surface area contributed by atoms with Crippen molar-refractivity contribution in [2.75, 3.05) is 0 Å². The molecule has 0 unspecified atom stereocenters. The number of rotatable bonds is 3. The molecular formula is C16H13NO6S. The van der Waals surface area contributed by atoms with Crippen molar-refractivity contribution in [1.29, 1.82) is 0 Å². The second-order valence-electron chi connectivity index (χ2n) is 5.32. The van der Waals surface area contributed by atoms with Gasteiger partial charge in [-0.3, -0.25) is 4.79 Å². The smallest absolute Gasteiger partial charge is 0.335 e. The predicted octanol–water partition coefficient (Wildman–Crippen LogP) is 1.85. The summed E-state index contributed by atoms with van der Waals surface area (Å²) in [7, 11) is -4.10. The Labute approximate surface area is 136 Å². The highest BCUT2D eigenvalue weighted by atomic mass is 32.2. The van der Waals surface area contributed by atoms with Crippen molar-refractivity contribution < 1.29 is 22.7 Å². The van der Waals surface area contributed by atoms with Crippen LogP contribution in [0.25, 0.3) is 21.9 Å². The molecule has 24 heavy (non-hydrogen) atoms. The molecule has 2 aromatic carbocycles. The Bertz CT molecular complexity index is 1160. The lowest BCUT2D eigenvalue weighted by Crippen LogP contribution is -2.15. The van der Waals surface area contributed by atoms with Crippen molar-refractivity contribution in [2.45, 2.75) is 18.2 Å². The number of hydrogen-bond donors (Lipinski definition) is 2. The van der Waals surface area contributed by atoms with Gasteiger partial charge in [0, 0.05) is 0 Å². The molecule has 8 heteroatoms. The van der Waals surface area contributed by atoms with E-state index in [-0.39, 0.29) is 32.4 Å². The molecule has 0 aliphatic carbocycles. The molecule has 124 valence electrons. The van der Waals surface area contributed by atoms with E-state index in [1.165, 1.54) is 30.3 Å². The van der Waals surface area contributed by atoms with E-state index in [9.17, 15) is 18.0 Å². The molecule has 3 N–H and O–H groups in total. The van der Waals surface area contributed by atoms with E-state index < -0.39 is 21.4 Å². The van der Waals surface area contributed by atoms with Crippen LogP contribution in [0.2, 0.25) is 0 Å². The predicted molar refractivity (Wildman–Crippen MR) is 87.7 cm³/mol. The molecule has 1 heterocycles. The Kier molecular flexibility index (Phi) is 3.66. The van der Waals surface area contributed by atoms with Gasteiger partial charge >= 0.3 is 5.97 Å². The van der Waals surface area contributed by atoms with Gasteiger partial charge in [0.15, 0.2) is 5.58 Å². The first kappa shape index (κ1) is 16.2. The van der Waals surface area contributed by atoms with Gasteiger partial charge in [0.1, 0.15) is 10.5 Å². The molecule has 0 spiro atoms. The minimum Gasteiger partial charge on any atom is -0.478 e. The molecule has 0 saturated heterocycles. The summed E-state index contributed by atoms with van der Waals surface area (Å²) >= 11 is 0. The second kappa shape index (κ2) is 5.43. The van der Waals surface area contributed by atoms with E-state index in [0.717, 1.165) is 0 Å². The first-order valence-electron chi connectivity index (χ1n) is 7.02. The molecule has 0 aliphatic heterocycles. The van der Waals surface area contributed by atoms with Crippen LogP contribution in [0, 0.1) is 0 Å². The van der Waals surface area contributed by atoms with Gasteiger partial charge in [-0.2, -0.15) is 0 Å². The second-order valence-corrected chi connectivity index (χ2v) is 6.85. The number of aromatic carboxylic acids is 1. The highest BCUT2D eigenvalue weighted by Crippen LogP contribution is 2.26. The van der Waals surface area contributed by atoms with Gasteiger partial charge in [0.2, 0.25) is 15.5 Å². The lowest BCUT2D eigenvalue weighted by atomic mass is 10.1.